The van der Waals surface area contributed by atoms with Crippen LogP contribution in [0.5, 0.6) is 0 Å². The molecule has 116 valence electrons. The van der Waals surface area contributed by atoms with Crippen LogP contribution in [0.15, 0.2) is 84.9 Å². The van der Waals surface area contributed by atoms with Crippen molar-refractivity contribution in [2.24, 2.45) is 0 Å². The maximum Gasteiger partial charge on any atom is 0.145 e. The normalized spacial score (nSPS) is 11.7. The molecule has 23 heavy (non-hydrogen) atoms. The van der Waals surface area contributed by atoms with Gasteiger partial charge in [0.15, 0.2) is 0 Å². The van der Waals surface area contributed by atoms with Crippen molar-refractivity contribution >= 4 is 23.6 Å². The summed E-state index contributed by atoms with van der Waals surface area (Å²) in [5.74, 6) is 0.574. The zero-order valence-corrected chi connectivity index (χ0v) is 15.2. The Morgan fingerprint density at radius 2 is 0.957 bits per heavy atom. The standard InChI is InChI=1S/C22H24Si/c1-18(2)19-14-16-22(17-15-19)23(3,20-10-6-4-7-11-20)21-12-8-5-9-13-21/h4-18H,1-3H3. The van der Waals surface area contributed by atoms with Gasteiger partial charge in [0, 0.05) is 0 Å². The summed E-state index contributed by atoms with van der Waals surface area (Å²) in [6.45, 7) is 6.96. The zero-order chi connectivity index (χ0) is 16.3. The molecule has 1 heteroatoms. The first-order chi connectivity index (χ1) is 11.1. The molecule has 0 aliphatic carbocycles. The summed E-state index contributed by atoms with van der Waals surface area (Å²) in [7, 11) is -1.94. The molecule has 0 aromatic heterocycles. The maximum absolute atomic E-state index is 2.46. The largest absolute Gasteiger partial charge is 0.145 e. The molecular formula is C22H24Si. The van der Waals surface area contributed by atoms with Crippen molar-refractivity contribution < 1.29 is 0 Å². The lowest BCUT2D eigenvalue weighted by Gasteiger charge is -2.29. The summed E-state index contributed by atoms with van der Waals surface area (Å²) in [5.41, 5.74) is 1.41. The molecule has 0 saturated heterocycles. The van der Waals surface area contributed by atoms with E-state index in [9.17, 15) is 0 Å². The summed E-state index contributed by atoms with van der Waals surface area (Å²) >= 11 is 0. The van der Waals surface area contributed by atoms with Gasteiger partial charge in [-0.3, -0.25) is 0 Å². The second kappa shape index (κ2) is 6.55. The van der Waals surface area contributed by atoms with Crippen LogP contribution in [0, 0.1) is 0 Å². The van der Waals surface area contributed by atoms with Gasteiger partial charge in [-0.05, 0) is 27.0 Å². The van der Waals surface area contributed by atoms with Gasteiger partial charge in [-0.1, -0.05) is 105 Å². The Labute approximate surface area is 140 Å². The minimum Gasteiger partial charge on any atom is -0.0624 e. The van der Waals surface area contributed by atoms with Gasteiger partial charge in [0.25, 0.3) is 0 Å². The first-order valence-electron chi connectivity index (χ1n) is 8.34. The predicted octanol–water partition coefficient (Wildman–Crippen LogP) is 3.91. The van der Waals surface area contributed by atoms with Crippen LogP contribution in [0.2, 0.25) is 6.55 Å². The highest BCUT2D eigenvalue weighted by atomic mass is 28.3. The molecule has 0 amide bonds. The van der Waals surface area contributed by atoms with Crippen molar-refractivity contribution in [3.8, 4) is 0 Å². The van der Waals surface area contributed by atoms with E-state index in [1.807, 2.05) is 0 Å². The van der Waals surface area contributed by atoms with E-state index >= 15 is 0 Å². The molecular weight excluding hydrogens is 292 g/mol. The van der Waals surface area contributed by atoms with Gasteiger partial charge in [-0.25, -0.2) is 0 Å². The van der Waals surface area contributed by atoms with Gasteiger partial charge in [0.05, 0.1) is 0 Å². The zero-order valence-electron chi connectivity index (χ0n) is 14.2. The molecule has 3 rings (SSSR count). The summed E-state index contributed by atoms with van der Waals surface area (Å²) in [6, 6.07) is 31.3. The number of rotatable bonds is 4. The van der Waals surface area contributed by atoms with E-state index in [0.29, 0.717) is 5.92 Å². The maximum atomic E-state index is 2.46. The number of hydrogen-bond donors (Lipinski definition) is 0. The molecule has 0 bridgehead atoms. The van der Waals surface area contributed by atoms with Gasteiger partial charge < -0.3 is 0 Å². The first kappa shape index (κ1) is 15.8. The third-order valence-electron chi connectivity index (χ3n) is 4.86. The van der Waals surface area contributed by atoms with Crippen molar-refractivity contribution in [3.05, 3.63) is 90.5 Å². The Bertz CT molecular complexity index is 703. The SMILES string of the molecule is CC(C)c1ccc([Si](C)(c2ccccc2)c2ccccc2)cc1. The molecule has 0 aliphatic heterocycles. The molecule has 0 nitrogen and oxygen atoms in total. The molecule has 0 saturated carbocycles. The quantitative estimate of drug-likeness (QED) is 0.506. The van der Waals surface area contributed by atoms with Crippen LogP contribution in [0.1, 0.15) is 25.3 Å². The second-order valence-corrected chi connectivity index (χ2v) is 10.6. The highest BCUT2D eigenvalue weighted by Crippen LogP contribution is 2.14. The molecule has 0 aliphatic rings. The summed E-state index contributed by atoms with van der Waals surface area (Å²) < 4.78 is 0. The molecule has 3 aromatic rings. The third-order valence-corrected chi connectivity index (χ3v) is 9.32. The van der Waals surface area contributed by atoms with E-state index in [1.165, 1.54) is 21.1 Å². The molecule has 0 N–H and O–H groups in total. The molecule has 0 fully saturated rings. The Balaban J connectivity index is 2.16. The minimum atomic E-state index is -1.94. The van der Waals surface area contributed by atoms with Crippen LogP contribution in [-0.2, 0) is 0 Å². The summed E-state index contributed by atoms with van der Waals surface area (Å²) in [6.07, 6.45) is 0. The van der Waals surface area contributed by atoms with Gasteiger partial charge in [0.1, 0.15) is 8.07 Å². The van der Waals surface area contributed by atoms with Gasteiger partial charge >= 0.3 is 0 Å². The number of hydrogen-bond acceptors (Lipinski definition) is 0. The molecule has 0 radical (unpaired) electrons. The Morgan fingerprint density at radius 3 is 1.35 bits per heavy atom. The van der Waals surface area contributed by atoms with Crippen molar-refractivity contribution in [3.63, 3.8) is 0 Å². The van der Waals surface area contributed by atoms with Crippen LogP contribution < -0.4 is 15.6 Å². The van der Waals surface area contributed by atoms with Gasteiger partial charge in [0.2, 0.25) is 0 Å². The lowest BCUT2D eigenvalue weighted by molar-refractivity contribution is 0.867. The molecule has 0 spiro atoms. The monoisotopic (exact) mass is 316 g/mol. The van der Waals surface area contributed by atoms with E-state index in [-0.39, 0.29) is 0 Å². The Morgan fingerprint density at radius 1 is 0.565 bits per heavy atom. The van der Waals surface area contributed by atoms with E-state index in [0.717, 1.165) is 0 Å². The highest BCUT2D eigenvalue weighted by Gasteiger charge is 2.33. The smallest absolute Gasteiger partial charge is 0.0624 e. The Hall–Kier alpha value is -2.12. The molecule has 3 aromatic carbocycles. The summed E-state index contributed by atoms with van der Waals surface area (Å²) in [5, 5.41) is 4.39. The lowest BCUT2D eigenvalue weighted by atomic mass is 10.0. The van der Waals surface area contributed by atoms with Gasteiger partial charge in [-0.2, -0.15) is 0 Å². The van der Waals surface area contributed by atoms with Crippen LogP contribution >= 0.6 is 0 Å². The minimum absolute atomic E-state index is 0.574. The Kier molecular flexibility index (Phi) is 4.49. The molecule has 0 atom stereocenters. The highest BCUT2D eigenvalue weighted by molar-refractivity contribution is 7.10. The lowest BCUT2D eigenvalue weighted by Crippen LogP contribution is -2.64. The van der Waals surface area contributed by atoms with Crippen molar-refractivity contribution in [1.82, 2.24) is 0 Å². The van der Waals surface area contributed by atoms with Crippen LogP contribution in [0.25, 0.3) is 0 Å². The van der Waals surface area contributed by atoms with Crippen molar-refractivity contribution in [2.75, 3.05) is 0 Å². The predicted molar refractivity (Wildman–Crippen MR) is 104 cm³/mol. The first-order valence-corrected chi connectivity index (χ1v) is 10.8. The molecule has 0 heterocycles. The van der Waals surface area contributed by atoms with Crippen LogP contribution in [-0.4, -0.2) is 8.07 Å². The average Bonchev–Trinajstić information content (AvgIpc) is 2.62. The van der Waals surface area contributed by atoms with E-state index < -0.39 is 8.07 Å². The fourth-order valence-corrected chi connectivity index (χ4v) is 6.80. The van der Waals surface area contributed by atoms with Crippen LogP contribution in [0.4, 0.5) is 0 Å². The van der Waals surface area contributed by atoms with E-state index in [1.54, 1.807) is 0 Å². The van der Waals surface area contributed by atoms with E-state index in [4.69, 9.17) is 0 Å². The topological polar surface area (TPSA) is 0 Å². The summed E-state index contributed by atoms with van der Waals surface area (Å²) in [4.78, 5) is 0. The average molecular weight is 317 g/mol. The number of benzene rings is 3. The van der Waals surface area contributed by atoms with E-state index in [2.05, 4.69) is 105 Å². The fourth-order valence-electron chi connectivity index (χ4n) is 3.24. The second-order valence-electron chi connectivity index (χ2n) is 6.63. The fraction of sp³-hybridized carbons (Fsp3) is 0.182. The molecule has 0 unspecified atom stereocenters. The van der Waals surface area contributed by atoms with Crippen LogP contribution in [0.3, 0.4) is 0 Å². The third kappa shape index (κ3) is 3.02. The van der Waals surface area contributed by atoms with Crippen molar-refractivity contribution in [2.45, 2.75) is 26.3 Å². The van der Waals surface area contributed by atoms with Crippen molar-refractivity contribution in [1.29, 1.82) is 0 Å². The van der Waals surface area contributed by atoms with Gasteiger partial charge in [-0.15, -0.1) is 0 Å².